The second-order valence-corrected chi connectivity index (χ2v) is 8.91. The number of amides is 2. The third-order valence-corrected chi connectivity index (χ3v) is 6.13. The van der Waals surface area contributed by atoms with E-state index in [1.54, 1.807) is 17.2 Å². The van der Waals surface area contributed by atoms with Gasteiger partial charge in [0.25, 0.3) is 5.91 Å². The van der Waals surface area contributed by atoms with Crippen LogP contribution in [0.4, 0.5) is 0 Å². The number of H-pyrrole nitrogens is 1. The summed E-state index contributed by atoms with van der Waals surface area (Å²) in [6, 6.07) is 20.2. The smallest absolute Gasteiger partial charge is 0.271 e. The fraction of sp³-hybridized carbons (Fsp3) is 0.346. The zero-order valence-electron chi connectivity index (χ0n) is 18.7. The minimum Gasteiger partial charge on any atom is -0.353 e. The summed E-state index contributed by atoms with van der Waals surface area (Å²) in [5.41, 5.74) is 3.14. The maximum atomic E-state index is 13.6. The van der Waals surface area contributed by atoms with Crippen molar-refractivity contribution < 1.29 is 9.59 Å². The lowest BCUT2D eigenvalue weighted by Crippen LogP contribution is -2.55. The molecule has 1 saturated heterocycles. The highest BCUT2D eigenvalue weighted by molar-refractivity contribution is 5.93. The molecule has 1 aromatic heterocycles. The van der Waals surface area contributed by atoms with Gasteiger partial charge in [-0.1, -0.05) is 54.6 Å². The molecule has 32 heavy (non-hydrogen) atoms. The Bertz CT molecular complexity index is 1060. The molecule has 1 unspecified atom stereocenters. The zero-order valence-corrected chi connectivity index (χ0v) is 18.7. The normalized spacial score (nSPS) is 18.5. The SMILES string of the molecule is CC(C)NC(=O)C1(Cc2ccccc2-c2ccccc2)CCCN(C(=O)c2ccn[nH]2)C1. The van der Waals surface area contributed by atoms with Crippen molar-refractivity contribution in [1.82, 2.24) is 20.4 Å². The van der Waals surface area contributed by atoms with Gasteiger partial charge in [0.15, 0.2) is 0 Å². The molecule has 3 aromatic rings. The molecule has 1 aliphatic rings. The van der Waals surface area contributed by atoms with Crippen LogP contribution in [0.5, 0.6) is 0 Å². The average Bonchev–Trinajstić information content (AvgIpc) is 3.34. The van der Waals surface area contributed by atoms with Crippen molar-refractivity contribution in [3.63, 3.8) is 0 Å². The number of rotatable bonds is 6. The van der Waals surface area contributed by atoms with Crippen LogP contribution in [0.2, 0.25) is 0 Å². The van der Waals surface area contributed by atoms with Crippen LogP contribution in [-0.2, 0) is 11.2 Å². The van der Waals surface area contributed by atoms with E-state index >= 15 is 0 Å². The van der Waals surface area contributed by atoms with E-state index < -0.39 is 5.41 Å². The number of aromatic nitrogens is 2. The van der Waals surface area contributed by atoms with Gasteiger partial charge in [-0.25, -0.2) is 0 Å². The van der Waals surface area contributed by atoms with Gasteiger partial charge in [-0.3, -0.25) is 14.7 Å². The highest BCUT2D eigenvalue weighted by Gasteiger charge is 2.44. The second kappa shape index (κ2) is 9.39. The lowest BCUT2D eigenvalue weighted by atomic mass is 9.73. The van der Waals surface area contributed by atoms with Crippen LogP contribution in [0, 0.1) is 5.41 Å². The number of nitrogens with one attached hydrogen (secondary N) is 2. The standard InChI is InChI=1S/C26H30N4O2/c1-19(2)28-25(32)26(14-8-16-30(18-26)24(31)23-13-15-27-29-23)17-21-11-6-7-12-22(21)20-9-4-3-5-10-20/h3-7,9-13,15,19H,8,14,16-18H2,1-2H3,(H,27,29)(H,28,32). The molecule has 166 valence electrons. The summed E-state index contributed by atoms with van der Waals surface area (Å²) in [6.45, 7) is 4.96. The highest BCUT2D eigenvalue weighted by Crippen LogP contribution is 2.37. The van der Waals surface area contributed by atoms with Gasteiger partial charge < -0.3 is 10.2 Å². The number of hydrogen-bond donors (Lipinski definition) is 2. The Morgan fingerprint density at radius 1 is 1.09 bits per heavy atom. The zero-order chi connectivity index (χ0) is 22.6. The van der Waals surface area contributed by atoms with Gasteiger partial charge in [0, 0.05) is 25.3 Å². The number of carbonyl (C=O) groups excluding carboxylic acids is 2. The van der Waals surface area contributed by atoms with Crippen molar-refractivity contribution >= 4 is 11.8 Å². The van der Waals surface area contributed by atoms with E-state index in [-0.39, 0.29) is 17.9 Å². The molecule has 0 spiro atoms. The molecule has 6 nitrogen and oxygen atoms in total. The Labute approximate surface area is 189 Å². The van der Waals surface area contributed by atoms with Crippen LogP contribution in [0.25, 0.3) is 11.1 Å². The lowest BCUT2D eigenvalue weighted by Gasteiger charge is -2.42. The lowest BCUT2D eigenvalue weighted by molar-refractivity contribution is -0.134. The summed E-state index contributed by atoms with van der Waals surface area (Å²) in [4.78, 5) is 28.4. The van der Waals surface area contributed by atoms with Gasteiger partial charge in [0.05, 0.1) is 5.41 Å². The minimum absolute atomic E-state index is 0.0116. The molecule has 2 heterocycles. The van der Waals surface area contributed by atoms with Gasteiger partial charge in [-0.05, 0) is 55.9 Å². The van der Waals surface area contributed by atoms with Crippen LogP contribution < -0.4 is 5.32 Å². The first-order valence-electron chi connectivity index (χ1n) is 11.2. The number of nitrogens with zero attached hydrogens (tertiary/aromatic N) is 2. The molecule has 1 aliphatic heterocycles. The molecule has 0 bridgehead atoms. The Morgan fingerprint density at radius 2 is 1.84 bits per heavy atom. The number of benzene rings is 2. The first-order chi connectivity index (χ1) is 15.5. The Hall–Kier alpha value is -3.41. The maximum absolute atomic E-state index is 13.6. The van der Waals surface area contributed by atoms with E-state index in [1.165, 1.54) is 0 Å². The van der Waals surface area contributed by atoms with Gasteiger partial charge in [-0.15, -0.1) is 0 Å². The van der Waals surface area contributed by atoms with Crippen LogP contribution in [0.15, 0.2) is 66.9 Å². The van der Waals surface area contributed by atoms with Gasteiger partial charge in [0.2, 0.25) is 5.91 Å². The van der Waals surface area contributed by atoms with Crippen LogP contribution in [0.3, 0.4) is 0 Å². The van der Waals surface area contributed by atoms with Gasteiger partial charge >= 0.3 is 0 Å². The molecule has 2 aromatic carbocycles. The molecule has 0 radical (unpaired) electrons. The Kier molecular flexibility index (Phi) is 6.40. The number of hydrogen-bond acceptors (Lipinski definition) is 3. The molecule has 1 atom stereocenters. The molecule has 2 N–H and O–H groups in total. The van der Waals surface area contributed by atoms with Gasteiger partial charge in [0.1, 0.15) is 5.69 Å². The monoisotopic (exact) mass is 430 g/mol. The van der Waals surface area contributed by atoms with E-state index in [0.29, 0.717) is 25.2 Å². The molecule has 0 saturated carbocycles. The number of piperidine rings is 1. The van der Waals surface area contributed by atoms with E-state index in [1.807, 2.05) is 44.2 Å². The first-order valence-corrected chi connectivity index (χ1v) is 11.2. The van der Waals surface area contributed by atoms with Crippen molar-refractivity contribution in [2.45, 2.75) is 39.2 Å². The average molecular weight is 431 g/mol. The highest BCUT2D eigenvalue weighted by atomic mass is 16.2. The second-order valence-electron chi connectivity index (χ2n) is 8.91. The molecule has 4 rings (SSSR count). The van der Waals surface area contributed by atoms with Crippen molar-refractivity contribution in [2.24, 2.45) is 5.41 Å². The van der Waals surface area contributed by atoms with Crippen LogP contribution >= 0.6 is 0 Å². The predicted molar refractivity (Wildman–Crippen MR) is 125 cm³/mol. The fourth-order valence-electron chi connectivity index (χ4n) is 4.61. The molecule has 2 amide bonds. The fourth-order valence-corrected chi connectivity index (χ4v) is 4.61. The largest absolute Gasteiger partial charge is 0.353 e. The van der Waals surface area contributed by atoms with Gasteiger partial charge in [-0.2, -0.15) is 5.10 Å². The van der Waals surface area contributed by atoms with E-state index in [4.69, 9.17) is 0 Å². The van der Waals surface area contributed by atoms with Crippen molar-refractivity contribution in [3.05, 3.63) is 78.1 Å². The van der Waals surface area contributed by atoms with E-state index in [2.05, 4.69) is 39.8 Å². The topological polar surface area (TPSA) is 78.1 Å². The third kappa shape index (κ3) is 4.59. The molecule has 6 heteroatoms. The number of likely N-dealkylation sites (tertiary alicyclic amines) is 1. The van der Waals surface area contributed by atoms with Crippen molar-refractivity contribution in [2.75, 3.05) is 13.1 Å². The summed E-state index contributed by atoms with van der Waals surface area (Å²) >= 11 is 0. The number of aromatic amines is 1. The summed E-state index contributed by atoms with van der Waals surface area (Å²) in [5.74, 6) is -0.0993. The Balaban J connectivity index is 1.69. The predicted octanol–water partition coefficient (Wildman–Crippen LogP) is 4.07. The quantitative estimate of drug-likeness (QED) is 0.619. The molecule has 0 aliphatic carbocycles. The Morgan fingerprint density at radius 3 is 2.56 bits per heavy atom. The maximum Gasteiger partial charge on any atom is 0.271 e. The third-order valence-electron chi connectivity index (χ3n) is 6.13. The van der Waals surface area contributed by atoms with Crippen molar-refractivity contribution in [3.8, 4) is 11.1 Å². The van der Waals surface area contributed by atoms with E-state index in [0.717, 1.165) is 29.5 Å². The molecule has 1 fully saturated rings. The summed E-state index contributed by atoms with van der Waals surface area (Å²) in [5, 5.41) is 9.80. The minimum atomic E-state index is -0.691. The van der Waals surface area contributed by atoms with Crippen LogP contribution in [0.1, 0.15) is 42.7 Å². The van der Waals surface area contributed by atoms with Crippen molar-refractivity contribution in [1.29, 1.82) is 0 Å². The number of carbonyl (C=O) groups is 2. The van der Waals surface area contributed by atoms with Crippen LogP contribution in [-0.4, -0.2) is 46.0 Å². The molecular weight excluding hydrogens is 400 g/mol. The molecular formula is C26H30N4O2. The first kappa shape index (κ1) is 21.8. The summed E-state index contributed by atoms with van der Waals surface area (Å²) < 4.78 is 0. The van der Waals surface area contributed by atoms with E-state index in [9.17, 15) is 9.59 Å². The summed E-state index contributed by atoms with van der Waals surface area (Å²) in [7, 11) is 0. The summed E-state index contributed by atoms with van der Waals surface area (Å²) in [6.07, 6.45) is 3.66.